The molecule has 54 valence electrons. The summed E-state index contributed by atoms with van der Waals surface area (Å²) in [7, 11) is 1.72. The van der Waals surface area contributed by atoms with Gasteiger partial charge < -0.3 is 9.84 Å². The summed E-state index contributed by atoms with van der Waals surface area (Å²) in [6.07, 6.45) is 3.72. The molecule has 1 atom stereocenters. The summed E-state index contributed by atoms with van der Waals surface area (Å²) < 4.78 is 5.15. The van der Waals surface area contributed by atoms with Gasteiger partial charge in [0, 0.05) is 13.7 Å². The Kier molecular flexibility index (Phi) is 2.49. The van der Waals surface area contributed by atoms with Crippen LogP contribution in [0.2, 0.25) is 0 Å². The highest BCUT2D eigenvalue weighted by Crippen LogP contribution is 2.35. The molecule has 0 heterocycles. The second-order valence-corrected chi connectivity index (χ2v) is 2.62. The van der Waals surface area contributed by atoms with E-state index < -0.39 is 0 Å². The minimum atomic E-state index is 0.259. The maximum absolute atomic E-state index is 8.56. The molecule has 2 heteroatoms. The SMILES string of the molecule is COC(CCO)C1CC1. The lowest BCUT2D eigenvalue weighted by Crippen LogP contribution is -2.14. The number of methoxy groups -OCH3 is 1. The van der Waals surface area contributed by atoms with E-state index in [-0.39, 0.29) is 6.61 Å². The van der Waals surface area contributed by atoms with Gasteiger partial charge >= 0.3 is 0 Å². The smallest absolute Gasteiger partial charge is 0.0621 e. The predicted octanol–water partition coefficient (Wildman–Crippen LogP) is 0.794. The van der Waals surface area contributed by atoms with Crippen molar-refractivity contribution in [1.82, 2.24) is 0 Å². The average molecular weight is 130 g/mol. The van der Waals surface area contributed by atoms with Gasteiger partial charge in [-0.2, -0.15) is 0 Å². The van der Waals surface area contributed by atoms with Crippen LogP contribution < -0.4 is 0 Å². The maximum Gasteiger partial charge on any atom is 0.0621 e. The fourth-order valence-electron chi connectivity index (χ4n) is 1.14. The topological polar surface area (TPSA) is 29.5 Å². The molecular formula is C7H14O2. The summed E-state index contributed by atoms with van der Waals surface area (Å²) in [5.74, 6) is 0.752. The Bertz CT molecular complexity index is 79.0. The first kappa shape index (κ1) is 7.03. The van der Waals surface area contributed by atoms with Crippen molar-refractivity contribution in [3.8, 4) is 0 Å². The van der Waals surface area contributed by atoms with Crippen LogP contribution in [0, 0.1) is 5.92 Å². The fourth-order valence-corrected chi connectivity index (χ4v) is 1.14. The predicted molar refractivity (Wildman–Crippen MR) is 35.2 cm³/mol. The lowest BCUT2D eigenvalue weighted by Gasteiger charge is -2.11. The van der Waals surface area contributed by atoms with Crippen LogP contribution in [0.5, 0.6) is 0 Å². The Labute approximate surface area is 55.8 Å². The molecule has 1 unspecified atom stereocenters. The number of hydrogen-bond donors (Lipinski definition) is 1. The van der Waals surface area contributed by atoms with E-state index in [1.165, 1.54) is 12.8 Å². The Morgan fingerprint density at radius 2 is 2.33 bits per heavy atom. The standard InChI is InChI=1S/C7H14O2/c1-9-7(4-5-8)6-2-3-6/h6-8H,2-5H2,1H3. The highest BCUT2D eigenvalue weighted by Gasteiger charge is 2.30. The van der Waals surface area contributed by atoms with Crippen LogP contribution >= 0.6 is 0 Å². The molecule has 1 N–H and O–H groups in total. The van der Waals surface area contributed by atoms with Crippen molar-refractivity contribution in [2.45, 2.75) is 25.4 Å². The number of ether oxygens (including phenoxy) is 1. The second kappa shape index (κ2) is 3.18. The molecule has 9 heavy (non-hydrogen) atoms. The van der Waals surface area contributed by atoms with Gasteiger partial charge in [0.05, 0.1) is 6.10 Å². The van der Waals surface area contributed by atoms with E-state index in [0.717, 1.165) is 12.3 Å². The molecule has 0 radical (unpaired) electrons. The summed E-state index contributed by atoms with van der Waals surface area (Å²) in [5, 5.41) is 8.56. The van der Waals surface area contributed by atoms with Gasteiger partial charge in [-0.05, 0) is 25.2 Å². The summed E-state index contributed by atoms with van der Waals surface area (Å²) in [6, 6.07) is 0. The lowest BCUT2D eigenvalue weighted by atomic mass is 10.2. The monoisotopic (exact) mass is 130 g/mol. The van der Waals surface area contributed by atoms with Crippen molar-refractivity contribution in [2.75, 3.05) is 13.7 Å². The van der Waals surface area contributed by atoms with Crippen LogP contribution in [0.3, 0.4) is 0 Å². The van der Waals surface area contributed by atoms with E-state index in [1.807, 2.05) is 0 Å². The summed E-state index contributed by atoms with van der Waals surface area (Å²) >= 11 is 0. The highest BCUT2D eigenvalue weighted by atomic mass is 16.5. The average Bonchev–Trinajstić information content (AvgIpc) is 2.64. The third-order valence-corrected chi connectivity index (χ3v) is 1.86. The summed E-state index contributed by atoms with van der Waals surface area (Å²) in [4.78, 5) is 0. The van der Waals surface area contributed by atoms with Gasteiger partial charge in [-0.1, -0.05) is 0 Å². The quantitative estimate of drug-likeness (QED) is 0.609. The van der Waals surface area contributed by atoms with E-state index in [4.69, 9.17) is 9.84 Å². The Morgan fingerprint density at radius 3 is 2.67 bits per heavy atom. The van der Waals surface area contributed by atoms with Crippen LogP contribution in [0.25, 0.3) is 0 Å². The normalized spacial score (nSPS) is 22.0. The lowest BCUT2D eigenvalue weighted by molar-refractivity contribution is 0.0613. The van der Waals surface area contributed by atoms with E-state index in [9.17, 15) is 0 Å². The van der Waals surface area contributed by atoms with E-state index in [0.29, 0.717) is 6.10 Å². The summed E-state index contributed by atoms with van der Waals surface area (Å²) in [5.41, 5.74) is 0. The minimum absolute atomic E-state index is 0.259. The minimum Gasteiger partial charge on any atom is -0.396 e. The fraction of sp³-hybridized carbons (Fsp3) is 1.00. The molecule has 1 rings (SSSR count). The first-order valence-electron chi connectivity index (χ1n) is 3.52. The zero-order valence-corrected chi connectivity index (χ0v) is 5.84. The van der Waals surface area contributed by atoms with Crippen molar-refractivity contribution in [1.29, 1.82) is 0 Å². The van der Waals surface area contributed by atoms with Crippen LogP contribution in [-0.2, 0) is 4.74 Å². The molecule has 0 amide bonds. The number of aliphatic hydroxyl groups excluding tert-OH is 1. The van der Waals surface area contributed by atoms with Crippen LogP contribution in [-0.4, -0.2) is 24.9 Å². The van der Waals surface area contributed by atoms with Crippen LogP contribution in [0.15, 0.2) is 0 Å². The van der Waals surface area contributed by atoms with Gasteiger partial charge in [-0.3, -0.25) is 0 Å². The van der Waals surface area contributed by atoms with Crippen LogP contribution in [0.4, 0.5) is 0 Å². The molecule has 1 saturated carbocycles. The van der Waals surface area contributed by atoms with E-state index >= 15 is 0 Å². The van der Waals surface area contributed by atoms with Gasteiger partial charge in [0.25, 0.3) is 0 Å². The molecular weight excluding hydrogens is 116 g/mol. The molecule has 1 fully saturated rings. The molecule has 2 nitrogen and oxygen atoms in total. The van der Waals surface area contributed by atoms with Crippen molar-refractivity contribution in [2.24, 2.45) is 5.92 Å². The third kappa shape index (κ3) is 1.95. The second-order valence-electron chi connectivity index (χ2n) is 2.62. The molecule has 1 aliphatic rings. The van der Waals surface area contributed by atoms with E-state index in [2.05, 4.69) is 0 Å². The van der Waals surface area contributed by atoms with Gasteiger partial charge in [-0.25, -0.2) is 0 Å². The molecule has 0 aromatic rings. The Balaban J connectivity index is 2.12. The zero-order chi connectivity index (χ0) is 6.69. The highest BCUT2D eigenvalue weighted by molar-refractivity contribution is 4.81. The molecule has 0 spiro atoms. The molecule has 0 bridgehead atoms. The largest absolute Gasteiger partial charge is 0.396 e. The Hall–Kier alpha value is -0.0800. The Morgan fingerprint density at radius 1 is 1.67 bits per heavy atom. The molecule has 0 saturated heterocycles. The maximum atomic E-state index is 8.56. The van der Waals surface area contributed by atoms with Crippen molar-refractivity contribution >= 4 is 0 Å². The van der Waals surface area contributed by atoms with Gasteiger partial charge in [-0.15, -0.1) is 0 Å². The van der Waals surface area contributed by atoms with Crippen molar-refractivity contribution in [3.05, 3.63) is 0 Å². The number of aliphatic hydroxyl groups is 1. The third-order valence-electron chi connectivity index (χ3n) is 1.86. The summed E-state index contributed by atoms with van der Waals surface area (Å²) in [6.45, 7) is 0.259. The molecule has 0 aromatic carbocycles. The first-order chi connectivity index (χ1) is 4.38. The number of rotatable bonds is 4. The van der Waals surface area contributed by atoms with Gasteiger partial charge in [0.1, 0.15) is 0 Å². The molecule has 0 aromatic heterocycles. The van der Waals surface area contributed by atoms with Gasteiger partial charge in [0.15, 0.2) is 0 Å². The van der Waals surface area contributed by atoms with Crippen molar-refractivity contribution < 1.29 is 9.84 Å². The molecule has 0 aliphatic heterocycles. The zero-order valence-electron chi connectivity index (χ0n) is 5.84. The number of hydrogen-bond acceptors (Lipinski definition) is 2. The van der Waals surface area contributed by atoms with Crippen LogP contribution in [0.1, 0.15) is 19.3 Å². The van der Waals surface area contributed by atoms with E-state index in [1.54, 1.807) is 7.11 Å². The molecule has 1 aliphatic carbocycles. The first-order valence-corrected chi connectivity index (χ1v) is 3.52. The van der Waals surface area contributed by atoms with Crippen molar-refractivity contribution in [3.63, 3.8) is 0 Å². The van der Waals surface area contributed by atoms with Gasteiger partial charge in [0.2, 0.25) is 0 Å².